The molecular weight excluding hydrogens is 642 g/mol. The Bertz CT molecular complexity index is 1350. The van der Waals surface area contributed by atoms with Crippen LogP contribution in [0.1, 0.15) is 85.0 Å². The van der Waals surface area contributed by atoms with Crippen LogP contribution < -0.4 is 15.2 Å². The van der Waals surface area contributed by atoms with Gasteiger partial charge in [0.15, 0.2) is 0 Å². The lowest BCUT2D eigenvalue weighted by Crippen LogP contribution is -2.46. The summed E-state index contributed by atoms with van der Waals surface area (Å²) in [5, 5.41) is 0. The van der Waals surface area contributed by atoms with Crippen LogP contribution in [0, 0.1) is 5.92 Å². The van der Waals surface area contributed by atoms with Gasteiger partial charge in [0.05, 0.1) is 9.79 Å². The molecule has 2 aromatic rings. The molecule has 15 heteroatoms. The minimum atomic E-state index is -4.43. The van der Waals surface area contributed by atoms with E-state index in [9.17, 15) is 26.4 Å². The Labute approximate surface area is 271 Å². The van der Waals surface area contributed by atoms with Crippen molar-refractivity contribution >= 4 is 32.5 Å². The molecular formula is C31H45NO12S2. The summed E-state index contributed by atoms with van der Waals surface area (Å²) < 4.78 is 84.5. The first kappa shape index (κ1) is 38.9. The molecule has 3 atom stereocenters. The van der Waals surface area contributed by atoms with Crippen LogP contribution in [0.25, 0.3) is 0 Å². The second-order valence-electron chi connectivity index (χ2n) is 11.1. The van der Waals surface area contributed by atoms with Gasteiger partial charge in [-0.15, -0.1) is 0 Å². The van der Waals surface area contributed by atoms with Crippen LogP contribution in [0.15, 0.2) is 58.3 Å². The number of ether oxygens (including phenoxy) is 4. The lowest BCUT2D eigenvalue weighted by atomic mass is 9.86. The fraction of sp³-hybridized carbons (Fsp3) is 0.548. The second-order valence-corrected chi connectivity index (χ2v) is 13.9. The maximum absolute atomic E-state index is 12.6. The zero-order valence-electron chi connectivity index (χ0n) is 26.4. The molecule has 0 spiro atoms. The third-order valence-electron chi connectivity index (χ3n) is 7.43. The van der Waals surface area contributed by atoms with Crippen molar-refractivity contribution in [2.24, 2.45) is 11.7 Å². The number of benzene rings is 2. The Morgan fingerprint density at radius 2 is 1.00 bits per heavy atom. The molecule has 0 radical (unpaired) electrons. The highest BCUT2D eigenvalue weighted by Crippen LogP contribution is 2.25. The molecule has 0 aliphatic rings. The van der Waals surface area contributed by atoms with Crippen molar-refractivity contribution in [2.45, 2.75) is 113 Å². The van der Waals surface area contributed by atoms with Gasteiger partial charge in [-0.3, -0.25) is 9.11 Å². The Balaban J connectivity index is 2.04. The van der Waals surface area contributed by atoms with Crippen molar-refractivity contribution in [1.29, 1.82) is 0 Å². The highest BCUT2D eigenvalue weighted by molar-refractivity contribution is 7.86. The van der Waals surface area contributed by atoms with Gasteiger partial charge in [-0.1, -0.05) is 64.7 Å². The molecule has 0 saturated heterocycles. The number of unbranched alkanes of at least 4 members (excludes halogenated alkanes) is 8. The van der Waals surface area contributed by atoms with E-state index in [1.54, 1.807) is 13.8 Å². The Morgan fingerprint density at radius 1 is 0.652 bits per heavy atom. The van der Waals surface area contributed by atoms with Gasteiger partial charge < -0.3 is 24.7 Å². The number of nitrogens with two attached hydrogens (primary N) is 1. The van der Waals surface area contributed by atoms with Gasteiger partial charge in [0.25, 0.3) is 20.2 Å². The summed E-state index contributed by atoms with van der Waals surface area (Å²) in [7, 11) is -8.85. The lowest BCUT2D eigenvalue weighted by Gasteiger charge is -2.33. The van der Waals surface area contributed by atoms with E-state index in [0.717, 1.165) is 49.9 Å². The lowest BCUT2D eigenvalue weighted by molar-refractivity contribution is -0.0286. The molecule has 3 unspecified atom stereocenters. The van der Waals surface area contributed by atoms with Gasteiger partial charge in [0.1, 0.15) is 23.7 Å². The number of hydrogen-bond acceptors (Lipinski definition) is 11. The molecule has 2 rings (SSSR count). The maximum atomic E-state index is 12.6. The fourth-order valence-corrected chi connectivity index (χ4v) is 5.98. The molecule has 0 aliphatic heterocycles. The fourth-order valence-electron chi connectivity index (χ4n) is 5.02. The van der Waals surface area contributed by atoms with E-state index in [1.807, 2.05) is 0 Å². The molecule has 258 valence electrons. The molecule has 0 fully saturated rings. The van der Waals surface area contributed by atoms with Crippen LogP contribution in [-0.2, 0) is 29.7 Å². The van der Waals surface area contributed by atoms with Crippen LogP contribution >= 0.6 is 0 Å². The zero-order valence-corrected chi connectivity index (χ0v) is 28.0. The highest BCUT2D eigenvalue weighted by atomic mass is 32.2. The molecule has 0 saturated carbocycles. The van der Waals surface area contributed by atoms with Crippen LogP contribution in [0.4, 0.5) is 9.59 Å². The predicted molar refractivity (Wildman–Crippen MR) is 169 cm³/mol. The minimum absolute atomic E-state index is 0.0342. The van der Waals surface area contributed by atoms with Crippen molar-refractivity contribution in [3.8, 4) is 11.5 Å². The quantitative estimate of drug-likeness (QED) is 0.0620. The monoisotopic (exact) mass is 687 g/mol. The van der Waals surface area contributed by atoms with Gasteiger partial charge in [0.2, 0.25) is 0 Å². The zero-order chi connectivity index (χ0) is 34.3. The number of rotatable bonds is 19. The van der Waals surface area contributed by atoms with E-state index in [4.69, 9.17) is 33.8 Å². The number of carbonyl (C=O) groups is 2. The predicted octanol–water partition coefficient (Wildman–Crippen LogP) is 6.55. The van der Waals surface area contributed by atoms with E-state index in [2.05, 4.69) is 6.92 Å². The molecule has 2 aromatic carbocycles. The van der Waals surface area contributed by atoms with Crippen molar-refractivity contribution < 1.29 is 54.5 Å². The van der Waals surface area contributed by atoms with Crippen molar-refractivity contribution in [1.82, 2.24) is 0 Å². The van der Waals surface area contributed by atoms with E-state index in [0.29, 0.717) is 6.42 Å². The summed E-state index contributed by atoms with van der Waals surface area (Å²) in [6.07, 6.45) is 6.59. The van der Waals surface area contributed by atoms with Gasteiger partial charge in [-0.05, 0) is 68.8 Å². The van der Waals surface area contributed by atoms with E-state index < -0.39 is 56.7 Å². The van der Waals surface area contributed by atoms with E-state index in [1.165, 1.54) is 56.4 Å². The van der Waals surface area contributed by atoms with E-state index >= 15 is 0 Å². The molecule has 0 aliphatic carbocycles. The minimum Gasteiger partial charge on any atom is -0.430 e. The summed E-state index contributed by atoms with van der Waals surface area (Å²) in [5.41, 5.74) is 6.56. The third-order valence-corrected chi connectivity index (χ3v) is 9.17. The van der Waals surface area contributed by atoms with Crippen LogP contribution in [-0.4, -0.2) is 56.5 Å². The Morgan fingerprint density at radius 3 is 1.35 bits per heavy atom. The number of carbonyl (C=O) groups excluding carboxylic acids is 2. The first-order chi connectivity index (χ1) is 21.6. The third kappa shape index (κ3) is 14.0. The topological polar surface area (TPSA) is 206 Å². The Hall–Kier alpha value is -3.24. The standard InChI is InChI=1S/C31H45NO12S2/c1-4-5-6-7-8-9-10-11-12-13-28(32)29(22(2)41-30(33)43-24-14-18-26(19-15-24)45(35,36)37)23(3)42-31(34)44-25-16-20-27(21-17-25)46(38,39)40/h14-23,28-29H,4-13,32H2,1-3H3,(H,35,36,37)(H,38,39,40). The van der Waals surface area contributed by atoms with Gasteiger partial charge >= 0.3 is 12.3 Å². The average molecular weight is 688 g/mol. The smallest absolute Gasteiger partial charge is 0.430 e. The Kier molecular flexibility index (Phi) is 15.9. The summed E-state index contributed by atoms with van der Waals surface area (Å²) in [6.45, 7) is 5.33. The van der Waals surface area contributed by atoms with Crippen molar-refractivity contribution in [3.63, 3.8) is 0 Å². The van der Waals surface area contributed by atoms with Crippen molar-refractivity contribution in [3.05, 3.63) is 48.5 Å². The van der Waals surface area contributed by atoms with Gasteiger partial charge in [-0.2, -0.15) is 16.8 Å². The first-order valence-corrected chi connectivity index (χ1v) is 18.2. The van der Waals surface area contributed by atoms with E-state index in [-0.39, 0.29) is 21.3 Å². The molecule has 0 bridgehead atoms. The van der Waals surface area contributed by atoms with Gasteiger partial charge in [-0.25, -0.2) is 9.59 Å². The largest absolute Gasteiger partial charge is 0.514 e. The molecule has 0 aromatic heterocycles. The maximum Gasteiger partial charge on any atom is 0.514 e. The average Bonchev–Trinajstić information content (AvgIpc) is 2.95. The summed E-state index contributed by atoms with van der Waals surface area (Å²) in [6, 6.07) is 8.37. The van der Waals surface area contributed by atoms with Gasteiger partial charge in [0, 0.05) is 12.0 Å². The second kappa shape index (κ2) is 18.8. The molecule has 13 nitrogen and oxygen atoms in total. The summed E-state index contributed by atoms with van der Waals surface area (Å²) in [4.78, 5) is 24.4. The molecule has 46 heavy (non-hydrogen) atoms. The normalized spacial score (nSPS) is 14.5. The summed E-state index contributed by atoms with van der Waals surface area (Å²) >= 11 is 0. The molecule has 0 amide bonds. The SMILES string of the molecule is CCCCCCCCCCCC(N)C(C(C)OC(=O)Oc1ccc(S(=O)(=O)O)cc1)C(C)OC(=O)Oc1ccc(S(=O)(=O)O)cc1. The number of hydrogen-bond donors (Lipinski definition) is 3. The molecule has 0 heterocycles. The summed E-state index contributed by atoms with van der Waals surface area (Å²) in [5.74, 6) is -0.765. The highest BCUT2D eigenvalue weighted by Gasteiger charge is 2.35. The van der Waals surface area contributed by atoms with Crippen LogP contribution in [0.2, 0.25) is 0 Å². The van der Waals surface area contributed by atoms with Crippen molar-refractivity contribution in [2.75, 3.05) is 0 Å². The van der Waals surface area contributed by atoms with Crippen LogP contribution in [0.3, 0.4) is 0 Å². The first-order valence-electron chi connectivity index (χ1n) is 15.3. The molecule has 4 N–H and O–H groups in total. The van der Waals surface area contributed by atoms with Crippen LogP contribution in [0.5, 0.6) is 11.5 Å².